The highest BCUT2D eigenvalue weighted by molar-refractivity contribution is 9.10. The first-order valence-electron chi connectivity index (χ1n) is 5.02. The topological polar surface area (TPSA) is 17.1 Å². The average molecular weight is 306 g/mol. The number of hydrogen-bond acceptors (Lipinski definition) is 1. The van der Waals surface area contributed by atoms with Gasteiger partial charge in [0.25, 0.3) is 0 Å². The summed E-state index contributed by atoms with van der Waals surface area (Å²) in [4.78, 5) is 12.0. The molecule has 0 N–H and O–H groups in total. The largest absolute Gasteiger partial charge is 0.294 e. The Kier molecular flexibility index (Phi) is 2.87. The van der Waals surface area contributed by atoms with Crippen LogP contribution in [0.15, 0.2) is 16.6 Å². The smallest absolute Gasteiger partial charge is 0.169 e. The van der Waals surface area contributed by atoms with Crippen molar-refractivity contribution in [3.63, 3.8) is 0 Å². The molecule has 86 valence electrons. The highest BCUT2D eigenvalue weighted by Gasteiger charge is 2.51. The van der Waals surface area contributed by atoms with Gasteiger partial charge < -0.3 is 0 Å². The Morgan fingerprint density at radius 1 is 1.56 bits per heavy atom. The molecule has 0 aromatic heterocycles. The first-order valence-corrected chi connectivity index (χ1v) is 6.19. The molecule has 1 aliphatic rings. The lowest BCUT2D eigenvalue weighted by Crippen LogP contribution is -2.09. The van der Waals surface area contributed by atoms with E-state index in [1.54, 1.807) is 6.07 Å². The summed E-state index contributed by atoms with van der Waals surface area (Å²) >= 11 is 8.87. The second kappa shape index (κ2) is 3.81. The Morgan fingerprint density at radius 3 is 2.62 bits per heavy atom. The Hall–Kier alpha value is -0.410. The molecule has 1 nitrogen and oxygen atoms in total. The number of rotatable bonds is 2. The van der Waals surface area contributed by atoms with Crippen molar-refractivity contribution in [1.29, 1.82) is 0 Å². The number of halogens is 3. The zero-order valence-electron chi connectivity index (χ0n) is 8.98. The van der Waals surface area contributed by atoms with Gasteiger partial charge in [-0.25, -0.2) is 4.39 Å². The average Bonchev–Trinajstić information content (AvgIpc) is 2.84. The van der Waals surface area contributed by atoms with Gasteiger partial charge in [-0.15, -0.1) is 0 Å². The number of ketones is 1. The van der Waals surface area contributed by atoms with Crippen molar-refractivity contribution in [3.8, 4) is 0 Å². The lowest BCUT2D eigenvalue weighted by Gasteiger charge is -2.06. The van der Waals surface area contributed by atoms with E-state index >= 15 is 0 Å². The summed E-state index contributed by atoms with van der Waals surface area (Å²) in [7, 11) is 0. The Balaban J connectivity index is 2.36. The minimum Gasteiger partial charge on any atom is -0.294 e. The molecule has 0 bridgehead atoms. The lowest BCUT2D eigenvalue weighted by molar-refractivity contribution is 0.0949. The summed E-state index contributed by atoms with van der Waals surface area (Å²) < 4.78 is 14.2. The number of carbonyl (C=O) groups is 1. The van der Waals surface area contributed by atoms with Crippen molar-refractivity contribution >= 4 is 33.3 Å². The van der Waals surface area contributed by atoms with Crippen LogP contribution in [0, 0.1) is 17.2 Å². The SMILES string of the molecule is CC1(C)CC1C(=O)c1ccc(Br)c(Cl)c1F. The summed E-state index contributed by atoms with van der Waals surface area (Å²) in [6.45, 7) is 4.02. The van der Waals surface area contributed by atoms with E-state index in [2.05, 4.69) is 15.9 Å². The molecular weight excluding hydrogens is 294 g/mol. The zero-order chi connectivity index (χ0) is 12.1. The van der Waals surface area contributed by atoms with Gasteiger partial charge in [0.15, 0.2) is 11.6 Å². The summed E-state index contributed by atoms with van der Waals surface area (Å²) in [6, 6.07) is 3.09. The summed E-state index contributed by atoms with van der Waals surface area (Å²) in [5.74, 6) is -0.833. The molecule has 1 aliphatic carbocycles. The van der Waals surface area contributed by atoms with Crippen LogP contribution in [0.1, 0.15) is 30.6 Å². The maximum absolute atomic E-state index is 13.8. The van der Waals surface area contributed by atoms with Gasteiger partial charge in [0.05, 0.1) is 10.6 Å². The molecule has 1 aromatic rings. The maximum Gasteiger partial charge on any atom is 0.169 e. The molecule has 1 saturated carbocycles. The molecule has 0 heterocycles. The van der Waals surface area contributed by atoms with Crippen LogP contribution in [0.2, 0.25) is 5.02 Å². The van der Waals surface area contributed by atoms with Crippen LogP contribution in [-0.4, -0.2) is 5.78 Å². The number of hydrogen-bond donors (Lipinski definition) is 0. The third kappa shape index (κ3) is 1.91. The first-order chi connectivity index (χ1) is 7.34. The van der Waals surface area contributed by atoms with Crippen LogP contribution in [0.5, 0.6) is 0 Å². The minimum absolute atomic E-state index is 0.00305. The molecule has 0 amide bonds. The molecule has 0 spiro atoms. The molecule has 1 atom stereocenters. The molecule has 2 rings (SSSR count). The standard InChI is InChI=1S/C12H11BrClFO/c1-12(2)5-7(12)11(16)6-3-4-8(13)9(14)10(6)15/h3-4,7H,5H2,1-2H3. The van der Waals surface area contributed by atoms with Crippen molar-refractivity contribution in [3.05, 3.63) is 33.0 Å². The van der Waals surface area contributed by atoms with Gasteiger partial charge >= 0.3 is 0 Å². The Morgan fingerprint density at radius 2 is 2.12 bits per heavy atom. The molecule has 4 heteroatoms. The molecule has 1 fully saturated rings. The van der Waals surface area contributed by atoms with E-state index in [1.165, 1.54) is 6.07 Å². The van der Waals surface area contributed by atoms with Crippen LogP contribution in [0.25, 0.3) is 0 Å². The fourth-order valence-corrected chi connectivity index (χ4v) is 2.29. The monoisotopic (exact) mass is 304 g/mol. The van der Waals surface area contributed by atoms with Crippen molar-refractivity contribution in [2.24, 2.45) is 11.3 Å². The van der Waals surface area contributed by atoms with Crippen molar-refractivity contribution in [2.75, 3.05) is 0 Å². The van der Waals surface area contributed by atoms with Crippen molar-refractivity contribution in [2.45, 2.75) is 20.3 Å². The van der Waals surface area contributed by atoms with E-state index in [9.17, 15) is 9.18 Å². The lowest BCUT2D eigenvalue weighted by atomic mass is 10.0. The van der Waals surface area contributed by atoms with Crippen LogP contribution in [-0.2, 0) is 0 Å². The second-order valence-electron chi connectivity index (χ2n) is 4.83. The van der Waals surface area contributed by atoms with E-state index in [-0.39, 0.29) is 27.7 Å². The van der Waals surface area contributed by atoms with Crippen LogP contribution in [0.3, 0.4) is 0 Å². The van der Waals surface area contributed by atoms with E-state index in [4.69, 9.17) is 11.6 Å². The normalized spacial score (nSPS) is 21.9. The van der Waals surface area contributed by atoms with Crippen LogP contribution in [0.4, 0.5) is 4.39 Å². The fourth-order valence-electron chi connectivity index (χ4n) is 1.82. The third-order valence-corrected chi connectivity index (χ3v) is 4.39. The second-order valence-corrected chi connectivity index (χ2v) is 6.06. The van der Waals surface area contributed by atoms with Gasteiger partial charge in [0, 0.05) is 10.4 Å². The fraction of sp³-hybridized carbons (Fsp3) is 0.417. The Bertz CT molecular complexity index is 470. The molecule has 0 aliphatic heterocycles. The van der Waals surface area contributed by atoms with Gasteiger partial charge in [-0.2, -0.15) is 0 Å². The molecular formula is C12H11BrClFO. The van der Waals surface area contributed by atoms with Crippen LogP contribution < -0.4 is 0 Å². The van der Waals surface area contributed by atoms with E-state index in [1.807, 2.05) is 13.8 Å². The molecule has 1 unspecified atom stereocenters. The summed E-state index contributed by atoms with van der Waals surface area (Å²) in [5.41, 5.74) is 0.104. The van der Waals surface area contributed by atoms with Crippen molar-refractivity contribution in [1.82, 2.24) is 0 Å². The van der Waals surface area contributed by atoms with Gasteiger partial charge in [0.2, 0.25) is 0 Å². The zero-order valence-corrected chi connectivity index (χ0v) is 11.3. The number of Topliss-reactive ketones (excluding diaryl/α,β-unsaturated/α-hetero) is 1. The molecule has 0 saturated heterocycles. The summed E-state index contributed by atoms with van der Waals surface area (Å²) in [6.07, 6.45) is 0.818. The van der Waals surface area contributed by atoms with Crippen molar-refractivity contribution < 1.29 is 9.18 Å². The predicted octanol–water partition coefficient (Wildman–Crippen LogP) is 4.47. The predicted molar refractivity (Wildman–Crippen MR) is 65.3 cm³/mol. The maximum atomic E-state index is 13.8. The molecule has 16 heavy (non-hydrogen) atoms. The highest BCUT2D eigenvalue weighted by atomic mass is 79.9. The Labute approximate surface area is 107 Å². The summed E-state index contributed by atoms with van der Waals surface area (Å²) in [5, 5.41) is -0.0238. The number of carbonyl (C=O) groups excluding carboxylic acids is 1. The van der Waals surface area contributed by atoms with Crippen LogP contribution >= 0.6 is 27.5 Å². The van der Waals surface area contributed by atoms with Gasteiger partial charge in [0.1, 0.15) is 0 Å². The van der Waals surface area contributed by atoms with Gasteiger partial charge in [-0.05, 0) is 39.9 Å². The van der Waals surface area contributed by atoms with E-state index in [0.29, 0.717) is 4.47 Å². The third-order valence-electron chi connectivity index (χ3n) is 3.13. The number of benzene rings is 1. The first kappa shape index (κ1) is 12.1. The quantitative estimate of drug-likeness (QED) is 0.582. The minimum atomic E-state index is -0.622. The molecule has 0 radical (unpaired) electrons. The van der Waals surface area contributed by atoms with E-state index in [0.717, 1.165) is 6.42 Å². The van der Waals surface area contributed by atoms with E-state index < -0.39 is 5.82 Å². The van der Waals surface area contributed by atoms with Gasteiger partial charge in [-0.3, -0.25) is 4.79 Å². The molecule has 1 aromatic carbocycles. The highest BCUT2D eigenvalue weighted by Crippen LogP contribution is 2.53. The van der Waals surface area contributed by atoms with Gasteiger partial charge in [-0.1, -0.05) is 25.4 Å².